The molecule has 0 unspecified atom stereocenters. The Kier molecular flexibility index (Phi) is 5.39. The van der Waals surface area contributed by atoms with Crippen LogP contribution in [0.4, 0.5) is 5.13 Å². The smallest absolute Gasteiger partial charge is 0.302 e. The molecule has 1 aromatic heterocycles. The number of nitrogens with zero attached hydrogens (tertiary/aromatic N) is 2. The Morgan fingerprint density at radius 3 is 2.82 bits per heavy atom. The van der Waals surface area contributed by atoms with Gasteiger partial charge < -0.3 is 9.47 Å². The van der Waals surface area contributed by atoms with Crippen LogP contribution in [-0.2, 0) is 20.7 Å². The Hall–Kier alpha value is -1.44. The molecule has 0 aromatic carbocycles. The molecule has 3 fully saturated rings. The lowest BCUT2D eigenvalue weighted by Gasteiger charge is -2.56. The van der Waals surface area contributed by atoms with Crippen molar-refractivity contribution in [3.05, 3.63) is 16.6 Å². The number of aromatic nitrogens is 1. The predicted octanol–water partition coefficient (Wildman–Crippen LogP) is 4.92. The number of hydrogen-bond acceptors (Lipinski definition) is 7. The molecule has 5 aliphatic rings. The van der Waals surface area contributed by atoms with Crippen molar-refractivity contribution in [1.82, 2.24) is 9.99 Å². The summed E-state index contributed by atoms with van der Waals surface area (Å²) in [5.41, 5.74) is 6.78. The van der Waals surface area contributed by atoms with Crippen LogP contribution in [0.1, 0.15) is 69.9 Å². The lowest BCUT2D eigenvalue weighted by Crippen LogP contribution is -2.50. The zero-order valence-corrected chi connectivity index (χ0v) is 21.0. The van der Waals surface area contributed by atoms with Gasteiger partial charge in [-0.1, -0.05) is 31.3 Å². The van der Waals surface area contributed by atoms with Crippen LogP contribution in [0.2, 0.25) is 0 Å². The van der Waals surface area contributed by atoms with E-state index in [1.54, 1.807) is 12.5 Å². The first kappa shape index (κ1) is 22.1. The number of hydrogen-bond donors (Lipinski definition) is 1. The van der Waals surface area contributed by atoms with Crippen molar-refractivity contribution in [3.63, 3.8) is 0 Å². The second-order valence-corrected chi connectivity index (χ2v) is 12.4. The Morgan fingerprint density at radius 1 is 1.21 bits per heavy atom. The fourth-order valence-electron chi connectivity index (χ4n) is 8.08. The van der Waals surface area contributed by atoms with E-state index in [1.807, 2.05) is 11.3 Å². The quantitative estimate of drug-likeness (QED) is 0.632. The maximum atomic E-state index is 11.7. The molecule has 180 valence electrons. The standard InChI is InChI=1S/C26H37N3O3S/c1-16(30)32-22-7-6-18-17-4-5-20-23-21(27-24(33-23)28-29-12-14-31-15-13-29)9-11-25(20,2)19(17)8-10-26(18,22)3/h5,17-19,22H,4,6-15H2,1-3H3,(H,27,28)/t17-,18-,19-,22-,25+,26-/m0/s1. The molecule has 0 bridgehead atoms. The first-order valence-electron chi connectivity index (χ1n) is 12.9. The Morgan fingerprint density at radius 2 is 2.03 bits per heavy atom. The zero-order valence-electron chi connectivity index (χ0n) is 20.2. The van der Waals surface area contributed by atoms with Crippen molar-refractivity contribution in [2.75, 3.05) is 31.7 Å². The number of nitrogens with one attached hydrogen (secondary N) is 1. The van der Waals surface area contributed by atoms with Gasteiger partial charge in [0.15, 0.2) is 5.13 Å². The van der Waals surface area contributed by atoms with E-state index in [2.05, 4.69) is 30.4 Å². The van der Waals surface area contributed by atoms with Crippen LogP contribution in [0.5, 0.6) is 0 Å². The van der Waals surface area contributed by atoms with Crippen molar-refractivity contribution < 1.29 is 14.3 Å². The molecule has 0 spiro atoms. The zero-order chi connectivity index (χ0) is 22.8. The van der Waals surface area contributed by atoms with Gasteiger partial charge in [0.1, 0.15) is 6.10 Å². The number of rotatable bonds is 3. The highest BCUT2D eigenvalue weighted by molar-refractivity contribution is 7.16. The van der Waals surface area contributed by atoms with E-state index in [1.165, 1.54) is 36.3 Å². The average Bonchev–Trinajstić information content (AvgIpc) is 3.34. The fourth-order valence-corrected chi connectivity index (χ4v) is 9.30. The van der Waals surface area contributed by atoms with Crippen LogP contribution >= 0.6 is 11.3 Å². The van der Waals surface area contributed by atoms with Crippen LogP contribution < -0.4 is 5.43 Å². The van der Waals surface area contributed by atoms with E-state index >= 15 is 0 Å². The normalized spacial score (nSPS) is 40.2. The van der Waals surface area contributed by atoms with E-state index in [4.69, 9.17) is 14.5 Å². The first-order valence-corrected chi connectivity index (χ1v) is 13.7. The second-order valence-electron chi connectivity index (χ2n) is 11.4. The third-order valence-electron chi connectivity index (χ3n) is 9.77. The molecule has 1 N–H and O–H groups in total. The maximum Gasteiger partial charge on any atom is 0.302 e. The van der Waals surface area contributed by atoms with Crippen LogP contribution in [0.15, 0.2) is 6.08 Å². The van der Waals surface area contributed by atoms with Gasteiger partial charge in [-0.25, -0.2) is 9.99 Å². The number of carbonyl (C=O) groups is 1. The van der Waals surface area contributed by atoms with E-state index in [0.717, 1.165) is 56.6 Å². The van der Waals surface area contributed by atoms with E-state index in [-0.39, 0.29) is 22.9 Å². The molecule has 2 heterocycles. The molecular weight excluding hydrogens is 434 g/mol. The number of fused-ring (bicyclic) bond motifs is 7. The molecule has 1 aromatic rings. The highest BCUT2D eigenvalue weighted by Gasteiger charge is 2.59. The fraction of sp³-hybridized carbons (Fsp3) is 0.769. The van der Waals surface area contributed by atoms with Crippen LogP contribution in [0, 0.1) is 28.6 Å². The minimum absolute atomic E-state index is 0.104. The monoisotopic (exact) mass is 471 g/mol. The molecule has 7 heteroatoms. The summed E-state index contributed by atoms with van der Waals surface area (Å²) >= 11 is 1.85. The number of aryl methyl sites for hydroxylation is 1. The number of ether oxygens (including phenoxy) is 2. The molecule has 4 aliphatic carbocycles. The van der Waals surface area contributed by atoms with Crippen LogP contribution in [0.3, 0.4) is 0 Å². The maximum absolute atomic E-state index is 11.7. The molecule has 6 rings (SSSR count). The molecule has 2 saturated carbocycles. The molecule has 33 heavy (non-hydrogen) atoms. The third kappa shape index (κ3) is 3.49. The minimum atomic E-state index is -0.117. The van der Waals surface area contributed by atoms with Gasteiger partial charge in [0.2, 0.25) is 0 Å². The predicted molar refractivity (Wildman–Crippen MR) is 130 cm³/mol. The topological polar surface area (TPSA) is 63.7 Å². The Bertz CT molecular complexity index is 970. The number of allylic oxidation sites excluding steroid dienone is 2. The van der Waals surface area contributed by atoms with E-state index in [9.17, 15) is 4.79 Å². The molecular formula is C26H37N3O3S. The van der Waals surface area contributed by atoms with Crippen molar-refractivity contribution in [2.45, 2.75) is 71.8 Å². The van der Waals surface area contributed by atoms with Gasteiger partial charge in [0, 0.05) is 25.4 Å². The number of hydrazine groups is 1. The molecule has 1 aliphatic heterocycles. The van der Waals surface area contributed by atoms with Gasteiger partial charge in [-0.3, -0.25) is 10.2 Å². The lowest BCUT2D eigenvalue weighted by molar-refractivity contribution is -0.156. The largest absolute Gasteiger partial charge is 0.462 e. The van der Waals surface area contributed by atoms with Gasteiger partial charge in [-0.2, -0.15) is 0 Å². The average molecular weight is 472 g/mol. The number of esters is 1. The SMILES string of the molecule is CC(=O)O[C@H]1CC[C@H]2[C@@H]3CC=C4c5sc(NN6CCOCC6)nc5CC[C@]4(C)[C@H]3CC[C@]12C. The van der Waals surface area contributed by atoms with Gasteiger partial charge in [-0.05, 0) is 73.7 Å². The van der Waals surface area contributed by atoms with Gasteiger partial charge in [-0.15, -0.1) is 0 Å². The van der Waals surface area contributed by atoms with Crippen molar-refractivity contribution in [1.29, 1.82) is 0 Å². The third-order valence-corrected chi connectivity index (χ3v) is 10.8. The molecule has 6 nitrogen and oxygen atoms in total. The highest BCUT2D eigenvalue weighted by atomic mass is 32.1. The number of anilines is 1. The Labute approximate surface area is 201 Å². The summed E-state index contributed by atoms with van der Waals surface area (Å²) in [5, 5.41) is 3.27. The van der Waals surface area contributed by atoms with Crippen molar-refractivity contribution >= 4 is 28.0 Å². The summed E-state index contributed by atoms with van der Waals surface area (Å²) in [5.74, 6) is 1.97. The highest BCUT2D eigenvalue weighted by Crippen LogP contribution is 2.66. The van der Waals surface area contributed by atoms with Gasteiger partial charge in [0.05, 0.1) is 23.8 Å². The van der Waals surface area contributed by atoms with Crippen molar-refractivity contribution in [3.8, 4) is 0 Å². The first-order chi connectivity index (χ1) is 15.9. The van der Waals surface area contributed by atoms with Crippen LogP contribution in [0.25, 0.3) is 5.57 Å². The number of morpholine rings is 1. The van der Waals surface area contributed by atoms with Gasteiger partial charge in [0.25, 0.3) is 0 Å². The minimum Gasteiger partial charge on any atom is -0.462 e. The number of thiazole rings is 1. The molecule has 0 amide bonds. The lowest BCUT2D eigenvalue weighted by atomic mass is 9.48. The summed E-state index contributed by atoms with van der Waals surface area (Å²) < 4.78 is 11.3. The molecule has 1 saturated heterocycles. The summed E-state index contributed by atoms with van der Waals surface area (Å²) in [6.45, 7) is 9.88. The van der Waals surface area contributed by atoms with E-state index in [0.29, 0.717) is 11.8 Å². The second kappa shape index (κ2) is 8.06. The van der Waals surface area contributed by atoms with Crippen LogP contribution in [-0.4, -0.2) is 48.4 Å². The summed E-state index contributed by atoms with van der Waals surface area (Å²) in [6.07, 6.45) is 10.8. The summed E-state index contributed by atoms with van der Waals surface area (Å²) in [4.78, 5) is 18.2. The van der Waals surface area contributed by atoms with E-state index < -0.39 is 0 Å². The molecule has 0 radical (unpaired) electrons. The number of carbonyl (C=O) groups excluding carboxylic acids is 1. The Balaban J connectivity index is 1.26. The molecule has 6 atom stereocenters. The summed E-state index contributed by atoms with van der Waals surface area (Å²) in [7, 11) is 0. The summed E-state index contributed by atoms with van der Waals surface area (Å²) in [6, 6.07) is 0. The van der Waals surface area contributed by atoms with Gasteiger partial charge >= 0.3 is 5.97 Å². The van der Waals surface area contributed by atoms with Crippen molar-refractivity contribution in [2.24, 2.45) is 28.6 Å².